The number of carbonyl (C=O) groups is 2. The van der Waals surface area contributed by atoms with E-state index in [-0.39, 0.29) is 11.5 Å². The summed E-state index contributed by atoms with van der Waals surface area (Å²) in [5.41, 5.74) is 2.51. The van der Waals surface area contributed by atoms with Gasteiger partial charge in [-0.25, -0.2) is 9.59 Å². The zero-order chi connectivity index (χ0) is 16.4. The van der Waals surface area contributed by atoms with E-state index in [1.54, 1.807) is 30.3 Å². The number of carboxylic acids is 1. The molecular formula is C19H14O4. The molecule has 0 saturated heterocycles. The number of hydrogen-bond donors (Lipinski definition) is 1. The van der Waals surface area contributed by atoms with Crippen LogP contribution in [0, 0.1) is 0 Å². The second-order valence-corrected chi connectivity index (χ2v) is 5.15. The minimum atomic E-state index is -0.949. The van der Waals surface area contributed by atoms with Crippen molar-refractivity contribution in [2.75, 3.05) is 7.11 Å². The first kappa shape index (κ1) is 14.8. The molecule has 0 aliphatic heterocycles. The number of carbonyl (C=O) groups excluding carboxylic acids is 1. The van der Waals surface area contributed by atoms with Crippen molar-refractivity contribution in [2.24, 2.45) is 0 Å². The van der Waals surface area contributed by atoms with E-state index in [1.807, 2.05) is 30.3 Å². The van der Waals surface area contributed by atoms with E-state index in [0.29, 0.717) is 5.56 Å². The van der Waals surface area contributed by atoms with Crippen LogP contribution in [0.25, 0.3) is 21.9 Å². The Bertz CT molecular complexity index is 912. The Kier molecular flexibility index (Phi) is 3.81. The maximum Gasteiger partial charge on any atom is 0.337 e. The molecule has 0 radical (unpaired) electrons. The Morgan fingerprint density at radius 2 is 1.52 bits per heavy atom. The van der Waals surface area contributed by atoms with Gasteiger partial charge in [-0.1, -0.05) is 30.3 Å². The van der Waals surface area contributed by atoms with Gasteiger partial charge in [0, 0.05) is 0 Å². The van der Waals surface area contributed by atoms with Gasteiger partial charge in [0.05, 0.1) is 18.2 Å². The van der Waals surface area contributed by atoms with Crippen molar-refractivity contribution in [2.45, 2.75) is 0 Å². The fraction of sp³-hybridized carbons (Fsp3) is 0.0526. The molecule has 0 aliphatic carbocycles. The molecule has 0 bridgehead atoms. The number of ether oxygens (including phenoxy) is 1. The highest BCUT2D eigenvalue weighted by Gasteiger charge is 2.08. The van der Waals surface area contributed by atoms with E-state index in [2.05, 4.69) is 0 Å². The highest BCUT2D eigenvalue weighted by atomic mass is 16.5. The fourth-order valence-electron chi connectivity index (χ4n) is 2.50. The smallest absolute Gasteiger partial charge is 0.337 e. The van der Waals surface area contributed by atoms with Crippen molar-refractivity contribution in [1.29, 1.82) is 0 Å². The van der Waals surface area contributed by atoms with E-state index >= 15 is 0 Å². The van der Waals surface area contributed by atoms with E-state index in [0.717, 1.165) is 21.9 Å². The number of esters is 1. The first-order valence-corrected chi connectivity index (χ1v) is 7.04. The van der Waals surface area contributed by atoms with Crippen LogP contribution < -0.4 is 0 Å². The molecule has 0 aliphatic rings. The lowest BCUT2D eigenvalue weighted by molar-refractivity contribution is 0.0600. The quantitative estimate of drug-likeness (QED) is 0.743. The van der Waals surface area contributed by atoms with Crippen LogP contribution in [0.2, 0.25) is 0 Å². The molecule has 114 valence electrons. The minimum Gasteiger partial charge on any atom is -0.478 e. The molecule has 0 aromatic heterocycles. The fourth-order valence-corrected chi connectivity index (χ4v) is 2.50. The van der Waals surface area contributed by atoms with Crippen molar-refractivity contribution in [3.8, 4) is 11.1 Å². The van der Waals surface area contributed by atoms with Crippen LogP contribution in [0.5, 0.6) is 0 Å². The Morgan fingerprint density at radius 3 is 2.26 bits per heavy atom. The molecule has 0 heterocycles. The number of carboxylic acid groups (broad SMARTS) is 1. The number of hydrogen-bond acceptors (Lipinski definition) is 3. The third-order valence-electron chi connectivity index (χ3n) is 3.70. The first-order valence-electron chi connectivity index (χ1n) is 7.04. The van der Waals surface area contributed by atoms with Gasteiger partial charge in [-0.2, -0.15) is 0 Å². The summed E-state index contributed by atoms with van der Waals surface area (Å²) in [6.45, 7) is 0. The Balaban J connectivity index is 2.05. The van der Waals surface area contributed by atoms with Crippen molar-refractivity contribution in [1.82, 2.24) is 0 Å². The van der Waals surface area contributed by atoms with Crippen LogP contribution in [0.3, 0.4) is 0 Å². The van der Waals surface area contributed by atoms with Gasteiger partial charge in [-0.15, -0.1) is 0 Å². The molecule has 3 aromatic rings. The summed E-state index contributed by atoms with van der Waals surface area (Å²) in [5, 5.41) is 11.0. The second-order valence-electron chi connectivity index (χ2n) is 5.15. The standard InChI is InChI=1S/C19H14O4/c1-23-19(22)17-8-7-14-9-13(5-6-15(14)11-17)12-3-2-4-16(10-12)18(20)21/h2-11H,1H3,(H,20,21). The zero-order valence-electron chi connectivity index (χ0n) is 12.4. The van der Waals surface area contributed by atoms with Gasteiger partial charge in [0.2, 0.25) is 0 Å². The SMILES string of the molecule is COC(=O)c1ccc2cc(-c3cccc(C(=O)O)c3)ccc2c1. The number of benzene rings is 3. The average molecular weight is 306 g/mol. The summed E-state index contributed by atoms with van der Waals surface area (Å²) >= 11 is 0. The number of methoxy groups -OCH3 is 1. The Morgan fingerprint density at radius 1 is 0.826 bits per heavy atom. The molecular weight excluding hydrogens is 292 g/mol. The third kappa shape index (κ3) is 2.92. The molecule has 0 fully saturated rings. The summed E-state index contributed by atoms with van der Waals surface area (Å²) in [6.07, 6.45) is 0. The molecule has 0 amide bonds. The molecule has 4 nitrogen and oxygen atoms in total. The Hall–Kier alpha value is -3.14. The van der Waals surface area contributed by atoms with Crippen LogP contribution >= 0.6 is 0 Å². The van der Waals surface area contributed by atoms with E-state index in [9.17, 15) is 9.59 Å². The number of rotatable bonds is 3. The second kappa shape index (κ2) is 5.93. The summed E-state index contributed by atoms with van der Waals surface area (Å²) in [4.78, 5) is 22.7. The van der Waals surface area contributed by atoms with Gasteiger partial charge < -0.3 is 9.84 Å². The van der Waals surface area contributed by atoms with Gasteiger partial charge in [-0.05, 0) is 52.2 Å². The van der Waals surface area contributed by atoms with Crippen LogP contribution in [0.1, 0.15) is 20.7 Å². The monoisotopic (exact) mass is 306 g/mol. The summed E-state index contributed by atoms with van der Waals surface area (Å²) in [5.74, 6) is -1.32. The molecule has 0 spiro atoms. The molecule has 0 saturated carbocycles. The highest BCUT2D eigenvalue weighted by molar-refractivity contribution is 5.97. The van der Waals surface area contributed by atoms with Crippen molar-refractivity contribution < 1.29 is 19.4 Å². The average Bonchev–Trinajstić information content (AvgIpc) is 2.60. The van der Waals surface area contributed by atoms with Crippen molar-refractivity contribution >= 4 is 22.7 Å². The maximum atomic E-state index is 11.6. The highest BCUT2D eigenvalue weighted by Crippen LogP contribution is 2.26. The molecule has 0 atom stereocenters. The van der Waals surface area contributed by atoms with Crippen molar-refractivity contribution in [3.05, 3.63) is 71.8 Å². The van der Waals surface area contributed by atoms with E-state index < -0.39 is 5.97 Å². The van der Waals surface area contributed by atoms with Gasteiger partial charge in [-0.3, -0.25) is 0 Å². The predicted octanol–water partition coefficient (Wildman–Crippen LogP) is 3.99. The minimum absolute atomic E-state index is 0.253. The predicted molar refractivity (Wildman–Crippen MR) is 87.7 cm³/mol. The van der Waals surface area contributed by atoms with Gasteiger partial charge in [0.15, 0.2) is 0 Å². The summed E-state index contributed by atoms with van der Waals surface area (Å²) in [7, 11) is 1.35. The lowest BCUT2D eigenvalue weighted by atomic mass is 9.99. The lowest BCUT2D eigenvalue weighted by Crippen LogP contribution is -2.00. The molecule has 23 heavy (non-hydrogen) atoms. The first-order chi connectivity index (χ1) is 11.1. The third-order valence-corrected chi connectivity index (χ3v) is 3.70. The largest absolute Gasteiger partial charge is 0.478 e. The van der Waals surface area contributed by atoms with Gasteiger partial charge in [0.1, 0.15) is 0 Å². The van der Waals surface area contributed by atoms with Crippen LogP contribution in [-0.2, 0) is 4.74 Å². The number of aromatic carboxylic acids is 1. The zero-order valence-corrected chi connectivity index (χ0v) is 12.4. The molecule has 4 heteroatoms. The molecule has 3 rings (SSSR count). The Labute approximate surface area is 132 Å². The maximum absolute atomic E-state index is 11.6. The van der Waals surface area contributed by atoms with Crippen LogP contribution in [-0.4, -0.2) is 24.2 Å². The van der Waals surface area contributed by atoms with Gasteiger partial charge >= 0.3 is 11.9 Å². The lowest BCUT2D eigenvalue weighted by Gasteiger charge is -2.07. The molecule has 0 unspecified atom stereocenters. The van der Waals surface area contributed by atoms with Crippen molar-refractivity contribution in [3.63, 3.8) is 0 Å². The number of fused-ring (bicyclic) bond motifs is 1. The normalized spacial score (nSPS) is 10.5. The molecule has 3 aromatic carbocycles. The topological polar surface area (TPSA) is 63.6 Å². The van der Waals surface area contributed by atoms with E-state index in [1.165, 1.54) is 7.11 Å². The van der Waals surface area contributed by atoms with Gasteiger partial charge in [0.25, 0.3) is 0 Å². The summed E-state index contributed by atoms with van der Waals surface area (Å²) in [6, 6.07) is 17.9. The van der Waals surface area contributed by atoms with Crippen LogP contribution in [0.15, 0.2) is 60.7 Å². The summed E-state index contributed by atoms with van der Waals surface area (Å²) < 4.78 is 4.72. The van der Waals surface area contributed by atoms with Crippen LogP contribution in [0.4, 0.5) is 0 Å². The molecule has 1 N–H and O–H groups in total. The van der Waals surface area contributed by atoms with E-state index in [4.69, 9.17) is 9.84 Å².